The third kappa shape index (κ3) is 15.6. The second-order valence-corrected chi connectivity index (χ2v) is 5.95. The van der Waals surface area contributed by atoms with Gasteiger partial charge < -0.3 is 20.4 Å². The zero-order valence-corrected chi connectivity index (χ0v) is 15.0. The summed E-state index contributed by atoms with van der Waals surface area (Å²) in [5.41, 5.74) is 0. The standard InChI is InChI=1S/C20H32O5/c1-2-3-8-12-17(21)13-9-6-4-5-7-10-14-18(22)19(23)15-11-16-20(24)25/h4-7,9-10,13-14,17-19,21-23H,2-3,8,11-12,15-16H2,1H3,(H,24,25)/t17-,18?,19?/m0/s1. The highest BCUT2D eigenvalue weighted by Gasteiger charge is 2.12. The average molecular weight is 352 g/mol. The van der Waals surface area contributed by atoms with Crippen LogP contribution < -0.4 is 0 Å². The molecule has 142 valence electrons. The molecule has 0 aromatic heterocycles. The SMILES string of the molecule is CCCCC[C@H](O)C=CC=CC=CC=CC(O)C(O)CCCC(=O)O. The van der Waals surface area contributed by atoms with Crippen molar-refractivity contribution >= 4 is 5.97 Å². The van der Waals surface area contributed by atoms with E-state index in [1.807, 2.05) is 6.08 Å². The maximum Gasteiger partial charge on any atom is 0.303 e. The first-order valence-electron chi connectivity index (χ1n) is 8.91. The van der Waals surface area contributed by atoms with Crippen LogP contribution in [-0.4, -0.2) is 44.7 Å². The van der Waals surface area contributed by atoms with E-state index in [0.717, 1.165) is 25.7 Å². The molecule has 0 bridgehead atoms. The Balaban J connectivity index is 3.97. The van der Waals surface area contributed by atoms with Gasteiger partial charge in [0.15, 0.2) is 0 Å². The quantitative estimate of drug-likeness (QED) is 0.284. The van der Waals surface area contributed by atoms with Crippen LogP contribution in [0.5, 0.6) is 0 Å². The van der Waals surface area contributed by atoms with Crippen molar-refractivity contribution in [2.45, 2.75) is 70.2 Å². The summed E-state index contributed by atoms with van der Waals surface area (Å²) in [5.74, 6) is -0.908. The fraction of sp³-hybridized carbons (Fsp3) is 0.550. The van der Waals surface area contributed by atoms with Gasteiger partial charge in [0.05, 0.1) is 18.3 Å². The normalized spacial score (nSPS) is 16.3. The minimum atomic E-state index is -1.01. The second kappa shape index (κ2) is 15.8. The predicted octanol–water partition coefficient (Wildman–Crippen LogP) is 3.13. The molecule has 0 amide bonds. The summed E-state index contributed by atoms with van der Waals surface area (Å²) in [6, 6.07) is 0. The van der Waals surface area contributed by atoms with Gasteiger partial charge in [0.2, 0.25) is 0 Å². The molecule has 2 unspecified atom stereocenters. The Kier molecular flexibility index (Phi) is 14.7. The summed E-state index contributed by atoms with van der Waals surface area (Å²) in [6.45, 7) is 2.13. The number of rotatable bonds is 14. The summed E-state index contributed by atoms with van der Waals surface area (Å²) in [7, 11) is 0. The lowest BCUT2D eigenvalue weighted by Crippen LogP contribution is -2.23. The van der Waals surface area contributed by atoms with E-state index in [2.05, 4.69) is 6.92 Å². The lowest BCUT2D eigenvalue weighted by atomic mass is 10.1. The Labute approximate surface area is 150 Å². The van der Waals surface area contributed by atoms with Gasteiger partial charge in [-0.05, 0) is 19.3 Å². The molecule has 0 saturated carbocycles. The van der Waals surface area contributed by atoms with Gasteiger partial charge in [-0.15, -0.1) is 0 Å². The van der Waals surface area contributed by atoms with E-state index < -0.39 is 24.3 Å². The number of carboxylic acid groups (broad SMARTS) is 1. The zero-order chi connectivity index (χ0) is 18.9. The van der Waals surface area contributed by atoms with Crippen LogP contribution in [0.1, 0.15) is 51.9 Å². The molecule has 0 fully saturated rings. The Morgan fingerprint density at radius 3 is 2.04 bits per heavy atom. The number of aliphatic hydroxyl groups excluding tert-OH is 3. The molecule has 0 rings (SSSR count). The van der Waals surface area contributed by atoms with E-state index in [1.54, 1.807) is 36.5 Å². The highest BCUT2D eigenvalue weighted by atomic mass is 16.4. The number of hydrogen-bond donors (Lipinski definition) is 4. The van der Waals surface area contributed by atoms with Crippen molar-refractivity contribution in [2.75, 3.05) is 0 Å². The summed E-state index contributed by atoms with van der Waals surface area (Å²) in [6.07, 6.45) is 16.0. The van der Waals surface area contributed by atoms with Gasteiger partial charge in [-0.3, -0.25) is 4.79 Å². The fourth-order valence-electron chi connectivity index (χ4n) is 2.09. The van der Waals surface area contributed by atoms with Crippen LogP contribution in [0.3, 0.4) is 0 Å². The van der Waals surface area contributed by atoms with Crippen molar-refractivity contribution in [1.82, 2.24) is 0 Å². The lowest BCUT2D eigenvalue weighted by molar-refractivity contribution is -0.137. The predicted molar refractivity (Wildman–Crippen MR) is 100 cm³/mol. The maximum atomic E-state index is 10.4. The van der Waals surface area contributed by atoms with E-state index >= 15 is 0 Å². The number of hydrogen-bond acceptors (Lipinski definition) is 4. The summed E-state index contributed by atoms with van der Waals surface area (Å²) >= 11 is 0. The Morgan fingerprint density at radius 2 is 1.44 bits per heavy atom. The monoisotopic (exact) mass is 352 g/mol. The van der Waals surface area contributed by atoms with Crippen LogP contribution >= 0.6 is 0 Å². The highest BCUT2D eigenvalue weighted by Crippen LogP contribution is 2.06. The third-order valence-corrected chi connectivity index (χ3v) is 3.59. The van der Waals surface area contributed by atoms with Crippen molar-refractivity contribution in [3.05, 3.63) is 48.6 Å². The summed E-state index contributed by atoms with van der Waals surface area (Å²) in [4.78, 5) is 10.4. The fourth-order valence-corrected chi connectivity index (χ4v) is 2.09. The number of unbranched alkanes of at least 4 members (excludes halogenated alkanes) is 2. The molecule has 0 aliphatic rings. The van der Waals surface area contributed by atoms with Crippen molar-refractivity contribution in [3.63, 3.8) is 0 Å². The first kappa shape index (κ1) is 23.3. The van der Waals surface area contributed by atoms with Crippen LogP contribution in [-0.2, 0) is 4.79 Å². The molecule has 0 radical (unpaired) electrons. The Hall–Kier alpha value is -1.69. The molecule has 0 heterocycles. The van der Waals surface area contributed by atoms with E-state index in [0.29, 0.717) is 6.42 Å². The lowest BCUT2D eigenvalue weighted by Gasteiger charge is -2.13. The topological polar surface area (TPSA) is 98.0 Å². The highest BCUT2D eigenvalue weighted by molar-refractivity contribution is 5.66. The first-order chi connectivity index (χ1) is 12.0. The molecule has 4 N–H and O–H groups in total. The number of aliphatic carboxylic acids is 1. The Morgan fingerprint density at radius 1 is 0.840 bits per heavy atom. The average Bonchev–Trinajstić information content (AvgIpc) is 2.56. The molecule has 5 heteroatoms. The van der Waals surface area contributed by atoms with Gasteiger partial charge in [-0.1, -0.05) is 74.8 Å². The van der Waals surface area contributed by atoms with Gasteiger partial charge >= 0.3 is 5.97 Å². The van der Waals surface area contributed by atoms with Crippen molar-refractivity contribution < 1.29 is 25.2 Å². The van der Waals surface area contributed by atoms with Gasteiger partial charge in [-0.2, -0.15) is 0 Å². The molecule has 0 aliphatic heterocycles. The number of allylic oxidation sites excluding steroid dienone is 6. The molecule has 0 aliphatic carbocycles. The molecule has 5 nitrogen and oxygen atoms in total. The van der Waals surface area contributed by atoms with E-state index in [4.69, 9.17) is 5.11 Å². The van der Waals surface area contributed by atoms with E-state index in [1.165, 1.54) is 6.08 Å². The maximum absolute atomic E-state index is 10.4. The minimum absolute atomic E-state index is 0.0149. The second-order valence-electron chi connectivity index (χ2n) is 5.95. The summed E-state index contributed by atoms with van der Waals surface area (Å²) in [5, 5.41) is 37.6. The van der Waals surface area contributed by atoms with Crippen molar-refractivity contribution in [3.8, 4) is 0 Å². The Bertz CT molecular complexity index is 451. The van der Waals surface area contributed by atoms with Gasteiger partial charge in [0, 0.05) is 6.42 Å². The third-order valence-electron chi connectivity index (χ3n) is 3.59. The van der Waals surface area contributed by atoms with Crippen LogP contribution in [0.25, 0.3) is 0 Å². The van der Waals surface area contributed by atoms with Crippen molar-refractivity contribution in [1.29, 1.82) is 0 Å². The van der Waals surface area contributed by atoms with E-state index in [-0.39, 0.29) is 12.8 Å². The molecule has 0 aromatic carbocycles. The molecule has 0 saturated heterocycles. The molecular formula is C20H32O5. The van der Waals surface area contributed by atoms with Crippen LogP contribution in [0.4, 0.5) is 0 Å². The summed E-state index contributed by atoms with van der Waals surface area (Å²) < 4.78 is 0. The molecule has 0 aromatic rings. The smallest absolute Gasteiger partial charge is 0.303 e. The van der Waals surface area contributed by atoms with Crippen LogP contribution in [0, 0.1) is 0 Å². The van der Waals surface area contributed by atoms with Crippen molar-refractivity contribution in [2.24, 2.45) is 0 Å². The van der Waals surface area contributed by atoms with Crippen LogP contribution in [0.15, 0.2) is 48.6 Å². The number of carboxylic acids is 1. The van der Waals surface area contributed by atoms with Gasteiger partial charge in [-0.25, -0.2) is 0 Å². The molecule has 0 spiro atoms. The molecular weight excluding hydrogens is 320 g/mol. The van der Waals surface area contributed by atoms with Gasteiger partial charge in [0.1, 0.15) is 0 Å². The zero-order valence-electron chi connectivity index (χ0n) is 15.0. The van der Waals surface area contributed by atoms with Crippen LogP contribution in [0.2, 0.25) is 0 Å². The molecule has 25 heavy (non-hydrogen) atoms. The first-order valence-corrected chi connectivity index (χ1v) is 8.91. The number of aliphatic hydroxyl groups is 3. The van der Waals surface area contributed by atoms with Gasteiger partial charge in [0.25, 0.3) is 0 Å². The molecule has 3 atom stereocenters. The largest absolute Gasteiger partial charge is 0.481 e. The minimum Gasteiger partial charge on any atom is -0.481 e. The van der Waals surface area contributed by atoms with E-state index in [9.17, 15) is 20.1 Å². The number of carbonyl (C=O) groups is 1.